The van der Waals surface area contributed by atoms with Crippen molar-refractivity contribution in [3.63, 3.8) is 0 Å². The molecule has 0 saturated carbocycles. The molecule has 0 rings (SSSR count). The highest BCUT2D eigenvalue weighted by Gasteiger charge is 2.60. The van der Waals surface area contributed by atoms with Crippen molar-refractivity contribution in [3.8, 4) is 0 Å². The van der Waals surface area contributed by atoms with Crippen LogP contribution in [-0.4, -0.2) is 42.2 Å². The summed E-state index contributed by atoms with van der Waals surface area (Å²) in [6.45, 7) is 14.0. The smallest absolute Gasteiger partial charge is 0.211 e. The van der Waals surface area contributed by atoms with Crippen LogP contribution >= 0.6 is 14.5 Å². The van der Waals surface area contributed by atoms with Crippen LogP contribution in [0.1, 0.15) is 196 Å². The standard InChI is InChI=1S/C37H78OP2/c1-7-13-19-25-31-39(32-26-20-14-8-2,33-27-21-15-9-3)37(38)40(34-28-22-16-10-4,35-29-23-17-11-5)36-30-24-18-12-6/h7-36H2,1-6H3/q+2. The minimum atomic E-state index is -1.59. The summed E-state index contributed by atoms with van der Waals surface area (Å²) in [5, 5.41) is 0.994. The Kier molecular flexibility index (Phi) is 28.7. The molecule has 0 aliphatic rings. The summed E-state index contributed by atoms with van der Waals surface area (Å²) in [4.78, 5) is 15.6. The minimum absolute atomic E-state index is 0.994. The van der Waals surface area contributed by atoms with Crippen LogP contribution in [0.25, 0.3) is 0 Å². The van der Waals surface area contributed by atoms with Gasteiger partial charge in [0, 0.05) is 0 Å². The van der Waals surface area contributed by atoms with E-state index in [1.54, 1.807) is 0 Å². The lowest BCUT2D eigenvalue weighted by molar-refractivity contribution is 0.274. The fraction of sp³-hybridized carbons (Fsp3) is 0.973. The normalized spacial score (nSPS) is 12.3. The quantitative estimate of drug-likeness (QED) is 0.0554. The minimum Gasteiger partial charge on any atom is -0.211 e. The van der Waals surface area contributed by atoms with Gasteiger partial charge in [0.2, 0.25) is 0 Å². The van der Waals surface area contributed by atoms with Crippen LogP contribution in [0.3, 0.4) is 0 Å². The first-order chi connectivity index (χ1) is 19.5. The summed E-state index contributed by atoms with van der Waals surface area (Å²) in [5.74, 6) is 0. The summed E-state index contributed by atoms with van der Waals surface area (Å²) >= 11 is 0. The van der Waals surface area contributed by atoms with E-state index >= 15 is 4.79 Å². The Labute approximate surface area is 256 Å². The van der Waals surface area contributed by atoms with Crippen molar-refractivity contribution in [1.29, 1.82) is 0 Å². The van der Waals surface area contributed by atoms with Crippen molar-refractivity contribution in [2.75, 3.05) is 37.0 Å². The van der Waals surface area contributed by atoms with E-state index < -0.39 is 14.5 Å². The summed E-state index contributed by atoms with van der Waals surface area (Å²) in [5.41, 5.74) is 0. The lowest BCUT2D eigenvalue weighted by atomic mass is 10.2. The molecule has 0 N–H and O–H groups in total. The maximum absolute atomic E-state index is 15.6. The molecule has 0 atom stereocenters. The molecule has 0 aliphatic carbocycles. The molecule has 0 aromatic heterocycles. The summed E-state index contributed by atoms with van der Waals surface area (Å²) in [6, 6.07) is 0. The Balaban J connectivity index is 6.39. The van der Waals surface area contributed by atoms with E-state index in [1.807, 2.05) is 0 Å². The fourth-order valence-corrected chi connectivity index (χ4v) is 19.6. The van der Waals surface area contributed by atoms with E-state index in [0.717, 1.165) is 5.27 Å². The third-order valence-electron chi connectivity index (χ3n) is 9.45. The van der Waals surface area contributed by atoms with E-state index in [4.69, 9.17) is 0 Å². The van der Waals surface area contributed by atoms with E-state index in [-0.39, 0.29) is 0 Å². The van der Waals surface area contributed by atoms with Crippen LogP contribution in [0.15, 0.2) is 0 Å². The van der Waals surface area contributed by atoms with Gasteiger partial charge < -0.3 is 0 Å². The molecule has 0 aliphatic heterocycles. The monoisotopic (exact) mass is 601 g/mol. The lowest BCUT2D eigenvalue weighted by Crippen LogP contribution is -2.25. The van der Waals surface area contributed by atoms with E-state index in [9.17, 15) is 0 Å². The second-order valence-corrected chi connectivity index (χ2v) is 21.7. The largest absolute Gasteiger partial charge is 0.396 e. The zero-order chi connectivity index (χ0) is 29.8. The van der Waals surface area contributed by atoms with Crippen LogP contribution in [-0.2, 0) is 0 Å². The highest BCUT2D eigenvalue weighted by atomic mass is 31.2. The van der Waals surface area contributed by atoms with Gasteiger partial charge in [-0.3, -0.25) is 0 Å². The molecule has 0 aromatic rings. The van der Waals surface area contributed by atoms with Crippen molar-refractivity contribution in [1.82, 2.24) is 0 Å². The van der Waals surface area contributed by atoms with Crippen LogP contribution in [0.4, 0.5) is 4.79 Å². The molecule has 0 unspecified atom stereocenters. The molecule has 3 heteroatoms. The molecule has 0 radical (unpaired) electrons. The summed E-state index contributed by atoms with van der Waals surface area (Å²) in [6.07, 6.45) is 39.9. The van der Waals surface area contributed by atoms with Gasteiger partial charge in [0.25, 0.3) is 0 Å². The van der Waals surface area contributed by atoms with Crippen molar-refractivity contribution in [2.45, 2.75) is 196 Å². The molecule has 0 heterocycles. The number of rotatable bonds is 32. The predicted molar refractivity (Wildman–Crippen MR) is 193 cm³/mol. The van der Waals surface area contributed by atoms with Gasteiger partial charge in [0.15, 0.2) is 0 Å². The second kappa shape index (κ2) is 28.3. The number of hydrogen-bond acceptors (Lipinski definition) is 1. The predicted octanol–water partition coefficient (Wildman–Crippen LogP) is 14.6. The average molecular weight is 601 g/mol. The van der Waals surface area contributed by atoms with Crippen molar-refractivity contribution < 1.29 is 4.79 Å². The zero-order valence-corrected chi connectivity index (χ0v) is 30.8. The highest BCUT2D eigenvalue weighted by Crippen LogP contribution is 2.78. The van der Waals surface area contributed by atoms with Gasteiger partial charge in [0.1, 0.15) is 14.5 Å². The molecule has 0 fully saturated rings. The fourth-order valence-electron chi connectivity index (χ4n) is 6.74. The molecule has 240 valence electrons. The maximum atomic E-state index is 15.6. The third-order valence-corrected chi connectivity index (χ3v) is 20.7. The zero-order valence-electron chi connectivity index (χ0n) is 29.0. The van der Waals surface area contributed by atoms with Gasteiger partial charge >= 0.3 is 5.27 Å². The first-order valence-corrected chi connectivity index (χ1v) is 23.5. The second-order valence-electron chi connectivity index (χ2n) is 13.3. The van der Waals surface area contributed by atoms with Gasteiger partial charge in [-0.05, 0) is 77.0 Å². The van der Waals surface area contributed by atoms with Crippen molar-refractivity contribution in [2.24, 2.45) is 0 Å². The van der Waals surface area contributed by atoms with Crippen LogP contribution in [0, 0.1) is 0 Å². The first kappa shape index (κ1) is 40.5. The van der Waals surface area contributed by atoms with Gasteiger partial charge in [0.05, 0.1) is 37.0 Å². The summed E-state index contributed by atoms with van der Waals surface area (Å²) < 4.78 is 0. The number of unbranched alkanes of at least 4 members (excludes halogenated alkanes) is 18. The molecule has 0 bridgehead atoms. The molecule has 1 nitrogen and oxygen atoms in total. The van der Waals surface area contributed by atoms with E-state index in [1.165, 1.54) is 191 Å². The molecule has 0 aromatic carbocycles. The molecule has 0 amide bonds. The number of carbonyl (C=O) groups excluding carboxylic acids is 1. The topological polar surface area (TPSA) is 17.1 Å². The number of carbonyl (C=O) groups is 1. The third kappa shape index (κ3) is 18.3. The number of hydrogen-bond donors (Lipinski definition) is 0. The van der Waals surface area contributed by atoms with Crippen molar-refractivity contribution >= 4 is 19.8 Å². The Bertz CT molecular complexity index is 438. The highest BCUT2D eigenvalue weighted by molar-refractivity contribution is 8.15. The van der Waals surface area contributed by atoms with Gasteiger partial charge in [-0.15, -0.1) is 0 Å². The van der Waals surface area contributed by atoms with Gasteiger partial charge in [-0.2, -0.15) is 0 Å². The lowest BCUT2D eigenvalue weighted by Gasteiger charge is -2.33. The Morgan fingerprint density at radius 3 is 0.625 bits per heavy atom. The van der Waals surface area contributed by atoms with Gasteiger partial charge in [-0.1, -0.05) is 119 Å². The van der Waals surface area contributed by atoms with Crippen LogP contribution in [0.2, 0.25) is 0 Å². The average Bonchev–Trinajstić information content (AvgIpc) is 2.97. The SMILES string of the molecule is CCCCCC[P+](CCCCCC)(CCCCCC)C(=O)[P+](CCCCCC)(CCCCCC)CCCCCC. The summed E-state index contributed by atoms with van der Waals surface area (Å²) in [7, 11) is -3.17. The molecular weight excluding hydrogens is 522 g/mol. The van der Waals surface area contributed by atoms with Crippen LogP contribution < -0.4 is 0 Å². The first-order valence-electron chi connectivity index (χ1n) is 18.8. The molecular formula is C37H78OP2+2. The Hall–Kier alpha value is 0.530. The molecule has 40 heavy (non-hydrogen) atoms. The maximum Gasteiger partial charge on any atom is 0.396 e. The Morgan fingerprint density at radius 2 is 0.475 bits per heavy atom. The Morgan fingerprint density at radius 1 is 0.300 bits per heavy atom. The van der Waals surface area contributed by atoms with E-state index in [0.29, 0.717) is 0 Å². The van der Waals surface area contributed by atoms with Crippen molar-refractivity contribution in [3.05, 3.63) is 0 Å². The molecule has 0 spiro atoms. The van der Waals surface area contributed by atoms with Gasteiger partial charge in [-0.25, -0.2) is 4.79 Å². The van der Waals surface area contributed by atoms with Crippen LogP contribution in [0.5, 0.6) is 0 Å². The molecule has 0 saturated heterocycles. The van der Waals surface area contributed by atoms with E-state index in [2.05, 4.69) is 41.5 Å².